The van der Waals surface area contributed by atoms with Crippen molar-refractivity contribution in [3.63, 3.8) is 0 Å². The lowest BCUT2D eigenvalue weighted by atomic mass is 9.96. The van der Waals surface area contributed by atoms with Crippen LogP contribution in [0.1, 0.15) is 48.9 Å². The summed E-state index contributed by atoms with van der Waals surface area (Å²) < 4.78 is 46.9. The number of hydrogen-bond acceptors (Lipinski definition) is 7. The van der Waals surface area contributed by atoms with Gasteiger partial charge >= 0.3 is 5.97 Å². The largest absolute Gasteiger partial charge is 0.493 e. The predicted molar refractivity (Wildman–Crippen MR) is 153 cm³/mol. The van der Waals surface area contributed by atoms with E-state index in [1.807, 2.05) is 37.3 Å². The number of hydrogen-bond donors (Lipinski definition) is 2. The predicted octanol–water partition coefficient (Wildman–Crippen LogP) is 4.73. The molecule has 0 bridgehead atoms. The van der Waals surface area contributed by atoms with Crippen molar-refractivity contribution in [3.05, 3.63) is 83.6 Å². The molecule has 1 aliphatic carbocycles. The van der Waals surface area contributed by atoms with E-state index in [2.05, 4.69) is 10.0 Å². The molecule has 40 heavy (non-hydrogen) atoms. The van der Waals surface area contributed by atoms with Gasteiger partial charge in [-0.15, -0.1) is 0 Å². The summed E-state index contributed by atoms with van der Waals surface area (Å²) in [5.74, 6) is -1.32. The van der Waals surface area contributed by atoms with E-state index in [1.165, 1.54) is 13.2 Å². The molecule has 1 unspecified atom stereocenters. The zero-order chi connectivity index (χ0) is 29.1. The number of carbonyl (C=O) groups is 2. The highest BCUT2D eigenvalue weighted by Crippen LogP contribution is 2.35. The summed E-state index contributed by atoms with van der Waals surface area (Å²) in [5, 5.41) is 3.35. The van der Waals surface area contributed by atoms with E-state index in [1.54, 1.807) is 51.1 Å². The van der Waals surface area contributed by atoms with Crippen LogP contribution >= 0.6 is 0 Å². The van der Waals surface area contributed by atoms with Gasteiger partial charge in [-0.2, -0.15) is 4.72 Å². The number of amides is 1. The number of methoxy groups -OCH3 is 1. The second kappa shape index (κ2) is 11.7. The van der Waals surface area contributed by atoms with E-state index in [0.29, 0.717) is 28.9 Å². The number of allylic oxidation sites excluding steroid dienone is 2. The van der Waals surface area contributed by atoms with Crippen LogP contribution in [0.3, 0.4) is 0 Å². The normalized spacial score (nSPS) is 17.9. The average Bonchev–Trinajstić information content (AvgIpc) is 3.29. The smallest absolute Gasteiger partial charge is 0.324 e. The number of esters is 1. The van der Waals surface area contributed by atoms with Gasteiger partial charge in [0.1, 0.15) is 17.4 Å². The Bertz CT molecular complexity index is 1570. The molecule has 212 valence electrons. The number of fused-ring (bicyclic) bond motifs is 1. The molecule has 1 aliphatic rings. The van der Waals surface area contributed by atoms with Crippen molar-refractivity contribution in [1.29, 1.82) is 0 Å². The number of carbonyl (C=O) groups excluding carboxylic acids is 2. The number of nitrogens with one attached hydrogen (secondary N) is 2. The van der Waals surface area contributed by atoms with Crippen LogP contribution in [0, 0.1) is 12.8 Å². The molecule has 10 heteroatoms. The zero-order valence-electron chi connectivity index (χ0n) is 23.2. The number of ether oxygens (including phenoxy) is 2. The van der Waals surface area contributed by atoms with Gasteiger partial charge < -0.3 is 19.2 Å². The van der Waals surface area contributed by atoms with E-state index >= 15 is 0 Å². The molecule has 0 fully saturated rings. The summed E-state index contributed by atoms with van der Waals surface area (Å²) in [6, 6.07) is 13.6. The fraction of sp³-hybridized carbons (Fsp3) is 0.333. The third-order valence-electron chi connectivity index (χ3n) is 6.89. The van der Waals surface area contributed by atoms with E-state index in [-0.39, 0.29) is 12.2 Å². The van der Waals surface area contributed by atoms with E-state index in [4.69, 9.17) is 13.9 Å². The molecule has 1 aromatic heterocycles. The van der Waals surface area contributed by atoms with Crippen molar-refractivity contribution in [2.24, 2.45) is 5.92 Å². The lowest BCUT2D eigenvalue weighted by Gasteiger charge is -2.34. The van der Waals surface area contributed by atoms with E-state index in [9.17, 15) is 18.0 Å². The highest BCUT2D eigenvalue weighted by atomic mass is 32.2. The molecule has 2 N–H and O–H groups in total. The molecule has 1 amide bonds. The van der Waals surface area contributed by atoms with Crippen LogP contribution in [0.4, 0.5) is 0 Å². The number of sulfonamides is 1. The lowest BCUT2D eigenvalue weighted by molar-refractivity contribution is -0.143. The van der Waals surface area contributed by atoms with E-state index < -0.39 is 38.7 Å². The molecule has 9 nitrogen and oxygen atoms in total. The van der Waals surface area contributed by atoms with Gasteiger partial charge in [0.2, 0.25) is 10.0 Å². The third-order valence-corrected chi connectivity index (χ3v) is 8.82. The number of rotatable bonds is 10. The first-order chi connectivity index (χ1) is 19.0. The molecule has 2 atom stereocenters. The van der Waals surface area contributed by atoms with Gasteiger partial charge in [-0.3, -0.25) is 9.59 Å². The minimum absolute atomic E-state index is 0.0312. The zero-order valence-corrected chi connectivity index (χ0v) is 24.0. The minimum Gasteiger partial charge on any atom is -0.493 e. The molecule has 2 aromatic carbocycles. The van der Waals surface area contributed by atoms with Gasteiger partial charge in [-0.05, 0) is 49.1 Å². The Morgan fingerprint density at radius 1 is 1.10 bits per heavy atom. The van der Waals surface area contributed by atoms with Crippen LogP contribution in [0.5, 0.6) is 5.75 Å². The molecule has 1 heterocycles. The van der Waals surface area contributed by atoms with Crippen LogP contribution in [-0.4, -0.2) is 44.9 Å². The van der Waals surface area contributed by atoms with Gasteiger partial charge in [0.05, 0.1) is 19.1 Å². The maximum atomic E-state index is 14.0. The van der Waals surface area contributed by atoms with Gasteiger partial charge in [-0.25, -0.2) is 8.42 Å². The average molecular weight is 567 g/mol. The monoisotopic (exact) mass is 566 g/mol. The van der Waals surface area contributed by atoms with Crippen molar-refractivity contribution in [2.45, 2.75) is 45.0 Å². The minimum atomic E-state index is -4.39. The summed E-state index contributed by atoms with van der Waals surface area (Å²) >= 11 is 0. The Kier molecular flexibility index (Phi) is 8.51. The van der Waals surface area contributed by atoms with E-state index in [0.717, 1.165) is 11.1 Å². The highest BCUT2D eigenvalue weighted by molar-refractivity contribution is 7.91. The summed E-state index contributed by atoms with van der Waals surface area (Å²) in [7, 11) is -3.20. The molecule has 0 radical (unpaired) electrons. The van der Waals surface area contributed by atoms with Gasteiger partial charge in [-0.1, -0.05) is 62.4 Å². The van der Waals surface area contributed by atoms with Gasteiger partial charge in [0, 0.05) is 12.0 Å². The molecule has 3 aromatic rings. The molecular weight excluding hydrogens is 532 g/mol. The topological polar surface area (TPSA) is 124 Å². The fourth-order valence-corrected chi connectivity index (χ4v) is 6.38. The van der Waals surface area contributed by atoms with Gasteiger partial charge in [0.25, 0.3) is 5.91 Å². The quantitative estimate of drug-likeness (QED) is 0.340. The summed E-state index contributed by atoms with van der Waals surface area (Å²) in [6.07, 6.45) is 4.74. The highest BCUT2D eigenvalue weighted by Gasteiger charge is 2.47. The SMILES string of the molecule is CCOc1cccc2oc(C(=O)NC3(S(=O)(=O)N[C@H](C(=O)OC)C(C)C)C=CC(c4ccccc4)=CC3)c(C)c12. The Labute approximate surface area is 234 Å². The Morgan fingerprint density at radius 2 is 1.82 bits per heavy atom. The molecule has 0 aliphatic heterocycles. The third kappa shape index (κ3) is 5.55. The van der Waals surface area contributed by atoms with Crippen molar-refractivity contribution in [2.75, 3.05) is 13.7 Å². The fourth-order valence-electron chi connectivity index (χ4n) is 4.69. The Balaban J connectivity index is 1.75. The molecule has 0 saturated carbocycles. The summed E-state index contributed by atoms with van der Waals surface area (Å²) in [6.45, 7) is 7.41. The summed E-state index contributed by atoms with van der Waals surface area (Å²) in [5.41, 5.74) is 2.66. The first-order valence-electron chi connectivity index (χ1n) is 13.1. The number of benzene rings is 2. The number of furan rings is 1. The van der Waals surface area contributed by atoms with Crippen LogP contribution in [-0.2, 0) is 19.6 Å². The second-order valence-electron chi connectivity index (χ2n) is 9.89. The van der Waals surface area contributed by atoms with Gasteiger partial charge in [0.15, 0.2) is 10.6 Å². The van der Waals surface area contributed by atoms with Crippen LogP contribution in [0.2, 0.25) is 0 Å². The van der Waals surface area contributed by atoms with Crippen LogP contribution in [0.25, 0.3) is 16.5 Å². The van der Waals surface area contributed by atoms with Crippen molar-refractivity contribution in [1.82, 2.24) is 10.0 Å². The number of aryl methyl sites for hydroxylation is 1. The first-order valence-corrected chi connectivity index (χ1v) is 14.5. The standard InChI is InChI=1S/C30H34N2O7S/c1-6-38-23-13-10-14-24-25(23)20(4)27(39-24)28(33)31-30(40(35,36)32-26(19(2)3)29(34)37-5)17-15-22(16-18-30)21-11-8-7-9-12-21/h7-17,19,26,32H,6,18H2,1-5H3,(H,31,33)/t26-,30?/m0/s1. The molecular formula is C30H34N2O7S. The summed E-state index contributed by atoms with van der Waals surface area (Å²) in [4.78, 5) is 24.2. The van der Waals surface area contributed by atoms with Crippen molar-refractivity contribution < 1.29 is 31.9 Å². The maximum absolute atomic E-state index is 14.0. The molecule has 0 saturated heterocycles. The van der Waals surface area contributed by atoms with Crippen LogP contribution < -0.4 is 14.8 Å². The van der Waals surface area contributed by atoms with Crippen molar-refractivity contribution >= 4 is 38.4 Å². The first kappa shape index (κ1) is 29.1. The second-order valence-corrected chi connectivity index (χ2v) is 11.9. The molecule has 4 rings (SSSR count). The van der Waals surface area contributed by atoms with Crippen LogP contribution in [0.15, 0.2) is 71.2 Å². The Morgan fingerprint density at radius 3 is 2.42 bits per heavy atom. The Hall–Kier alpha value is -3.89. The lowest BCUT2D eigenvalue weighted by Crippen LogP contribution is -2.60. The van der Waals surface area contributed by atoms with Crippen molar-refractivity contribution in [3.8, 4) is 5.75 Å². The maximum Gasteiger partial charge on any atom is 0.324 e. The molecule has 0 spiro atoms.